The molecule has 2 fully saturated rings. The monoisotopic (exact) mass is 576 g/mol. The molecule has 0 amide bonds. The lowest BCUT2D eigenvalue weighted by Gasteiger charge is -2.44. The summed E-state index contributed by atoms with van der Waals surface area (Å²) in [6, 6.07) is 7.64. The van der Waals surface area contributed by atoms with Gasteiger partial charge in [-0.25, -0.2) is 9.59 Å². The van der Waals surface area contributed by atoms with Crippen LogP contribution in [0.5, 0.6) is 17.2 Å². The molecule has 8 atom stereocenters. The summed E-state index contributed by atoms with van der Waals surface area (Å²) in [7, 11) is 0. The summed E-state index contributed by atoms with van der Waals surface area (Å²) < 4.78 is 27.1. The summed E-state index contributed by atoms with van der Waals surface area (Å²) in [6.07, 6.45) is -10.1. The number of hydrogen-bond donors (Lipinski definition) is 7. The van der Waals surface area contributed by atoms with Crippen molar-refractivity contribution in [3.63, 3.8) is 0 Å². The van der Waals surface area contributed by atoms with E-state index in [0.717, 1.165) is 18.4 Å². The minimum atomic E-state index is -1.88. The predicted molar refractivity (Wildman–Crippen MR) is 133 cm³/mol. The van der Waals surface area contributed by atoms with Crippen molar-refractivity contribution >= 4 is 11.9 Å². The number of phenolic OH excluding ortho intramolecular Hbond substituents is 3. The molecule has 41 heavy (non-hydrogen) atoms. The number of cyclic esters (lactones) is 1. The van der Waals surface area contributed by atoms with Gasteiger partial charge >= 0.3 is 11.9 Å². The zero-order valence-corrected chi connectivity index (χ0v) is 21.3. The first-order valence-electron chi connectivity index (χ1n) is 12.6. The highest BCUT2D eigenvalue weighted by molar-refractivity contribution is 6.00. The normalized spacial score (nSPS) is 31.3. The molecule has 3 aliphatic heterocycles. The third-order valence-electron chi connectivity index (χ3n) is 7.12. The zero-order valence-electron chi connectivity index (χ0n) is 21.3. The van der Waals surface area contributed by atoms with Crippen molar-refractivity contribution in [3.05, 3.63) is 53.8 Å². The molecule has 3 heterocycles. The van der Waals surface area contributed by atoms with Crippen LogP contribution in [0.4, 0.5) is 0 Å². The van der Waals surface area contributed by atoms with Crippen LogP contribution in [-0.4, -0.2) is 104 Å². The lowest BCUT2D eigenvalue weighted by molar-refractivity contribution is -0.345. The van der Waals surface area contributed by atoms with E-state index in [1.54, 1.807) is 0 Å². The van der Waals surface area contributed by atoms with Gasteiger partial charge in [-0.1, -0.05) is 12.1 Å². The van der Waals surface area contributed by atoms with Crippen LogP contribution in [0.1, 0.15) is 16.8 Å². The van der Waals surface area contributed by atoms with Gasteiger partial charge in [-0.2, -0.15) is 0 Å². The summed E-state index contributed by atoms with van der Waals surface area (Å²) >= 11 is 0. The Kier molecular flexibility index (Phi) is 8.04. The van der Waals surface area contributed by atoms with Gasteiger partial charge < -0.3 is 59.4 Å². The Bertz CT molecular complexity index is 1340. The highest BCUT2D eigenvalue weighted by atomic mass is 16.8. The molecule has 220 valence electrons. The third-order valence-corrected chi connectivity index (χ3v) is 7.12. The Labute approximate surface area is 232 Å². The first-order valence-corrected chi connectivity index (χ1v) is 12.6. The molecule has 2 saturated heterocycles. The lowest BCUT2D eigenvalue weighted by Crippen LogP contribution is -2.62. The number of rotatable bonds is 6. The van der Waals surface area contributed by atoms with E-state index in [1.165, 1.54) is 24.3 Å². The molecule has 2 aromatic carbocycles. The number of aliphatic hydroxyl groups excluding tert-OH is 4. The average Bonchev–Trinajstić information content (AvgIpc) is 2.93. The standard InChI is InChI=1S/C27H28O14/c28-9-18-21(33)22(34)23(27(39-18)41-26-20(32)14-4-5-37-24(35)16(14)10-38-26)40-25(36)19-15(7-13(30)8-17(19)31)11-2-1-3-12(29)6-11/h1-3,6-8,10,14,18,20-23,26-34H,4-5,9H2/t14?,18-,20+,21-,22+,23-,26?,27+/m1/s1. The van der Waals surface area contributed by atoms with Crippen molar-refractivity contribution in [2.75, 3.05) is 13.2 Å². The van der Waals surface area contributed by atoms with Gasteiger partial charge in [-0.3, -0.25) is 0 Å². The van der Waals surface area contributed by atoms with Crippen LogP contribution in [0.25, 0.3) is 11.1 Å². The number of aliphatic hydroxyl groups is 4. The Hall–Kier alpha value is -3.92. The van der Waals surface area contributed by atoms with E-state index >= 15 is 0 Å². The molecule has 3 aliphatic rings. The molecule has 14 heteroatoms. The first-order chi connectivity index (χ1) is 19.6. The van der Waals surface area contributed by atoms with Crippen LogP contribution in [0, 0.1) is 5.92 Å². The molecular weight excluding hydrogens is 548 g/mol. The van der Waals surface area contributed by atoms with E-state index < -0.39 is 84.6 Å². The van der Waals surface area contributed by atoms with E-state index in [4.69, 9.17) is 23.7 Å². The molecule has 0 spiro atoms. The van der Waals surface area contributed by atoms with Crippen molar-refractivity contribution in [1.29, 1.82) is 0 Å². The van der Waals surface area contributed by atoms with Gasteiger partial charge in [0.05, 0.1) is 25.0 Å². The molecule has 0 radical (unpaired) electrons. The number of benzene rings is 2. The number of aromatic hydroxyl groups is 3. The Morgan fingerprint density at radius 1 is 0.976 bits per heavy atom. The molecule has 0 bridgehead atoms. The van der Waals surface area contributed by atoms with Crippen LogP contribution in [0.2, 0.25) is 0 Å². The highest BCUT2D eigenvalue weighted by Crippen LogP contribution is 2.38. The van der Waals surface area contributed by atoms with E-state index in [0.29, 0.717) is 0 Å². The molecule has 0 saturated carbocycles. The quantitative estimate of drug-likeness (QED) is 0.218. The van der Waals surface area contributed by atoms with Crippen LogP contribution >= 0.6 is 0 Å². The van der Waals surface area contributed by atoms with E-state index in [1.807, 2.05) is 0 Å². The van der Waals surface area contributed by atoms with Gasteiger partial charge in [0.15, 0.2) is 6.10 Å². The van der Waals surface area contributed by atoms with Crippen molar-refractivity contribution in [1.82, 2.24) is 0 Å². The van der Waals surface area contributed by atoms with Gasteiger partial charge in [0.25, 0.3) is 0 Å². The topological polar surface area (TPSA) is 222 Å². The van der Waals surface area contributed by atoms with E-state index in [9.17, 15) is 45.3 Å². The third kappa shape index (κ3) is 5.53. The largest absolute Gasteiger partial charge is 0.508 e. The molecular formula is C27H28O14. The number of esters is 2. The SMILES string of the molecule is O=C1OCCC2C1=COC(O[C@@H]1O[C@H](CO)[C@@H](O)[C@H](O)[C@H]1OC(=O)c1c(O)cc(O)cc1-c1cccc(O)c1)[C@H]2O. The number of carbonyl (C=O) groups excluding carboxylic acids is 2. The summed E-state index contributed by atoms with van der Waals surface area (Å²) in [6.45, 7) is -0.703. The molecule has 5 rings (SSSR count). The van der Waals surface area contributed by atoms with E-state index in [2.05, 4.69) is 0 Å². The van der Waals surface area contributed by atoms with Gasteiger partial charge in [0.1, 0.15) is 47.2 Å². The van der Waals surface area contributed by atoms with Gasteiger partial charge in [-0.15, -0.1) is 0 Å². The second-order valence-electron chi connectivity index (χ2n) is 9.75. The highest BCUT2D eigenvalue weighted by Gasteiger charge is 2.50. The fraction of sp³-hybridized carbons (Fsp3) is 0.407. The van der Waals surface area contributed by atoms with Gasteiger partial charge in [0, 0.05) is 17.5 Å². The lowest BCUT2D eigenvalue weighted by atomic mass is 9.87. The maximum Gasteiger partial charge on any atom is 0.343 e. The van der Waals surface area contributed by atoms with E-state index in [-0.39, 0.29) is 35.5 Å². The number of hydrogen-bond acceptors (Lipinski definition) is 14. The summed E-state index contributed by atoms with van der Waals surface area (Å²) in [5.74, 6) is -3.86. The molecule has 7 N–H and O–H groups in total. The average molecular weight is 577 g/mol. The van der Waals surface area contributed by atoms with Crippen molar-refractivity contribution in [3.8, 4) is 28.4 Å². The van der Waals surface area contributed by atoms with Crippen molar-refractivity contribution < 1.29 is 69.0 Å². The second kappa shape index (κ2) is 11.5. The smallest absolute Gasteiger partial charge is 0.343 e. The number of fused-ring (bicyclic) bond motifs is 1. The number of carbonyl (C=O) groups is 2. The Morgan fingerprint density at radius 3 is 2.49 bits per heavy atom. The van der Waals surface area contributed by atoms with Crippen LogP contribution in [0.3, 0.4) is 0 Å². The molecule has 2 aromatic rings. The second-order valence-corrected chi connectivity index (χ2v) is 9.75. The summed E-state index contributed by atoms with van der Waals surface area (Å²) in [5.41, 5.74) is -0.166. The predicted octanol–water partition coefficient (Wildman–Crippen LogP) is -0.384. The Balaban J connectivity index is 1.44. The minimum Gasteiger partial charge on any atom is -0.508 e. The summed E-state index contributed by atoms with van der Waals surface area (Å²) in [5, 5.41) is 72.3. The molecule has 14 nitrogen and oxygen atoms in total. The molecule has 0 aliphatic carbocycles. The fourth-order valence-corrected chi connectivity index (χ4v) is 5.02. The molecule has 0 aromatic heterocycles. The van der Waals surface area contributed by atoms with Gasteiger partial charge in [0.2, 0.25) is 12.6 Å². The van der Waals surface area contributed by atoms with Crippen molar-refractivity contribution in [2.45, 2.75) is 49.5 Å². The van der Waals surface area contributed by atoms with Crippen LogP contribution < -0.4 is 0 Å². The number of phenols is 3. The minimum absolute atomic E-state index is 0.0336. The number of ether oxygens (including phenoxy) is 5. The zero-order chi connectivity index (χ0) is 29.4. The maximum atomic E-state index is 13.4. The van der Waals surface area contributed by atoms with Gasteiger partial charge in [-0.05, 0) is 30.2 Å². The molecule has 2 unspecified atom stereocenters. The maximum absolute atomic E-state index is 13.4. The Morgan fingerprint density at radius 2 is 1.76 bits per heavy atom. The van der Waals surface area contributed by atoms with Crippen LogP contribution in [0.15, 0.2) is 48.2 Å². The fourth-order valence-electron chi connectivity index (χ4n) is 5.02. The first kappa shape index (κ1) is 28.6. The van der Waals surface area contributed by atoms with Crippen LogP contribution in [-0.2, 0) is 28.5 Å². The summed E-state index contributed by atoms with van der Waals surface area (Å²) in [4.78, 5) is 25.4. The van der Waals surface area contributed by atoms with Crippen molar-refractivity contribution in [2.24, 2.45) is 5.92 Å².